The van der Waals surface area contributed by atoms with Crippen LogP contribution in [0.25, 0.3) is 0 Å². The summed E-state index contributed by atoms with van der Waals surface area (Å²) >= 11 is 0. The Balaban J connectivity index is 0.00000109. The van der Waals surface area contributed by atoms with Crippen molar-refractivity contribution in [1.82, 2.24) is 0 Å². The molecule has 0 amide bonds. The Morgan fingerprint density at radius 3 is 1.60 bits per heavy atom. The van der Waals surface area contributed by atoms with E-state index in [0.29, 0.717) is 5.56 Å². The summed E-state index contributed by atoms with van der Waals surface area (Å²) in [6.07, 6.45) is -0.411. The van der Waals surface area contributed by atoms with Crippen LogP contribution in [-0.2, 0) is 4.74 Å². The van der Waals surface area contributed by atoms with Crippen LogP contribution in [0.3, 0.4) is 0 Å². The highest BCUT2D eigenvalue weighted by molar-refractivity contribution is 5.89. The van der Waals surface area contributed by atoms with Crippen molar-refractivity contribution in [3.8, 4) is 0 Å². The van der Waals surface area contributed by atoms with Crippen LogP contribution in [0, 0.1) is 6.92 Å². The van der Waals surface area contributed by atoms with Crippen molar-refractivity contribution in [1.29, 1.82) is 0 Å². The van der Waals surface area contributed by atoms with Crippen LogP contribution in [0.2, 0.25) is 0 Å². The van der Waals surface area contributed by atoms with Gasteiger partial charge in [0.1, 0.15) is 0 Å². The van der Waals surface area contributed by atoms with E-state index >= 15 is 0 Å². The molecule has 2 nitrogen and oxygen atoms in total. The topological polar surface area (TPSA) is 26.3 Å². The molecule has 25 heavy (non-hydrogen) atoms. The number of hydrogen-bond acceptors (Lipinski definition) is 2. The average molecular weight is 332 g/mol. The number of ether oxygens (including phenoxy) is 1. The Morgan fingerprint density at radius 1 is 0.720 bits per heavy atom. The van der Waals surface area contributed by atoms with Gasteiger partial charge in [0.2, 0.25) is 0 Å². The molecule has 0 saturated carbocycles. The lowest BCUT2D eigenvalue weighted by atomic mass is 10.0. The molecule has 3 aromatic carbocycles. The first-order valence-corrected chi connectivity index (χ1v) is 8.61. The second-order valence-electron chi connectivity index (χ2n) is 5.47. The first-order valence-electron chi connectivity index (χ1n) is 8.61. The van der Waals surface area contributed by atoms with Crippen molar-refractivity contribution in [2.24, 2.45) is 0 Å². The summed E-state index contributed by atoms with van der Waals surface area (Å²) in [5.41, 5.74) is 3.59. The summed E-state index contributed by atoms with van der Waals surface area (Å²) in [7, 11) is 0. The van der Waals surface area contributed by atoms with Gasteiger partial charge >= 0.3 is 5.97 Å². The van der Waals surface area contributed by atoms with Gasteiger partial charge in [-0.25, -0.2) is 4.79 Å². The van der Waals surface area contributed by atoms with E-state index in [1.165, 1.54) is 0 Å². The van der Waals surface area contributed by atoms with Crippen LogP contribution >= 0.6 is 0 Å². The largest absolute Gasteiger partial charge is 0.449 e. The summed E-state index contributed by atoms with van der Waals surface area (Å²) < 4.78 is 5.81. The SMILES string of the molecule is CC.Cc1ccc(C(=O)OC(c2ccccc2)c2ccccc2)cc1. The summed E-state index contributed by atoms with van der Waals surface area (Å²) in [5, 5.41) is 0. The Morgan fingerprint density at radius 2 is 1.16 bits per heavy atom. The van der Waals surface area contributed by atoms with Crippen LogP contribution in [0.4, 0.5) is 0 Å². The van der Waals surface area contributed by atoms with E-state index in [1.807, 2.05) is 93.6 Å². The molecule has 0 aromatic heterocycles. The predicted molar refractivity (Wildman–Crippen MR) is 103 cm³/mol. The Labute approximate surface area is 150 Å². The maximum Gasteiger partial charge on any atom is 0.339 e. The maximum absolute atomic E-state index is 12.5. The zero-order valence-corrected chi connectivity index (χ0v) is 15.0. The van der Waals surface area contributed by atoms with Gasteiger partial charge in [0, 0.05) is 0 Å². The van der Waals surface area contributed by atoms with Gasteiger partial charge in [0.25, 0.3) is 0 Å². The monoisotopic (exact) mass is 332 g/mol. The summed E-state index contributed by atoms with van der Waals surface area (Å²) in [5.74, 6) is -0.317. The second-order valence-corrected chi connectivity index (χ2v) is 5.47. The van der Waals surface area contributed by atoms with Crippen LogP contribution in [0.15, 0.2) is 84.9 Å². The van der Waals surface area contributed by atoms with Gasteiger partial charge in [-0.2, -0.15) is 0 Å². The normalized spacial score (nSPS) is 9.92. The molecule has 0 unspecified atom stereocenters. The molecule has 0 atom stereocenters. The van der Waals surface area contributed by atoms with E-state index in [-0.39, 0.29) is 5.97 Å². The van der Waals surface area contributed by atoms with Crippen LogP contribution < -0.4 is 0 Å². The fraction of sp³-hybridized carbons (Fsp3) is 0.174. The lowest BCUT2D eigenvalue weighted by molar-refractivity contribution is 0.0378. The first kappa shape index (κ1) is 18.5. The number of aryl methyl sites for hydroxylation is 1. The molecule has 0 bridgehead atoms. The van der Waals surface area contributed by atoms with Gasteiger partial charge in [-0.3, -0.25) is 0 Å². The standard InChI is InChI=1S/C21H18O2.C2H6/c1-16-12-14-19(15-13-16)21(22)23-20(17-8-4-2-5-9-17)18-10-6-3-7-11-18;1-2/h2-15,20H,1H3;1-2H3. The fourth-order valence-electron chi connectivity index (χ4n) is 2.45. The quantitative estimate of drug-likeness (QED) is 0.550. The second kappa shape index (κ2) is 9.43. The van der Waals surface area contributed by atoms with Crippen molar-refractivity contribution in [2.45, 2.75) is 26.9 Å². The van der Waals surface area contributed by atoms with Crippen molar-refractivity contribution in [3.63, 3.8) is 0 Å². The highest BCUT2D eigenvalue weighted by Crippen LogP contribution is 2.27. The number of carbonyl (C=O) groups excluding carboxylic acids is 1. The fourth-order valence-corrected chi connectivity index (χ4v) is 2.45. The van der Waals surface area contributed by atoms with Gasteiger partial charge in [-0.05, 0) is 30.2 Å². The number of esters is 1. The van der Waals surface area contributed by atoms with Gasteiger partial charge in [-0.1, -0.05) is 92.2 Å². The summed E-state index contributed by atoms with van der Waals surface area (Å²) in [4.78, 5) is 12.5. The minimum Gasteiger partial charge on any atom is -0.449 e. The molecule has 0 aliphatic carbocycles. The Kier molecular flexibility index (Phi) is 6.97. The number of rotatable bonds is 4. The molecule has 3 aromatic rings. The van der Waals surface area contributed by atoms with E-state index in [2.05, 4.69) is 0 Å². The number of benzene rings is 3. The molecular weight excluding hydrogens is 308 g/mol. The molecule has 0 saturated heterocycles. The third-order valence-corrected chi connectivity index (χ3v) is 3.72. The highest BCUT2D eigenvalue weighted by Gasteiger charge is 2.19. The minimum absolute atomic E-state index is 0.317. The van der Waals surface area contributed by atoms with Crippen molar-refractivity contribution < 1.29 is 9.53 Å². The molecule has 0 fully saturated rings. The number of carbonyl (C=O) groups is 1. The molecule has 0 heterocycles. The molecule has 0 radical (unpaired) electrons. The van der Waals surface area contributed by atoms with Crippen LogP contribution in [0.5, 0.6) is 0 Å². The van der Waals surface area contributed by atoms with Gasteiger partial charge in [0.15, 0.2) is 6.10 Å². The van der Waals surface area contributed by atoms with E-state index in [4.69, 9.17) is 4.74 Å². The van der Waals surface area contributed by atoms with E-state index in [1.54, 1.807) is 12.1 Å². The first-order chi connectivity index (χ1) is 12.2. The molecule has 0 aliphatic rings. The smallest absolute Gasteiger partial charge is 0.339 e. The minimum atomic E-state index is -0.411. The predicted octanol–water partition coefficient (Wildman–Crippen LogP) is 5.97. The van der Waals surface area contributed by atoms with Crippen molar-refractivity contribution in [2.75, 3.05) is 0 Å². The average Bonchev–Trinajstić information content (AvgIpc) is 2.69. The third-order valence-electron chi connectivity index (χ3n) is 3.72. The molecule has 3 rings (SSSR count). The van der Waals surface area contributed by atoms with Crippen LogP contribution in [0.1, 0.15) is 47.0 Å². The maximum atomic E-state index is 12.5. The molecule has 0 spiro atoms. The third kappa shape index (κ3) is 5.05. The Hall–Kier alpha value is -2.87. The summed E-state index contributed by atoms with van der Waals surface area (Å²) in [6.45, 7) is 5.99. The Bertz CT molecular complexity index is 723. The van der Waals surface area contributed by atoms with E-state index in [9.17, 15) is 4.79 Å². The van der Waals surface area contributed by atoms with Crippen molar-refractivity contribution in [3.05, 3.63) is 107 Å². The summed E-state index contributed by atoms with van der Waals surface area (Å²) in [6, 6.07) is 27.0. The number of hydrogen-bond donors (Lipinski definition) is 0. The van der Waals surface area contributed by atoms with Crippen molar-refractivity contribution >= 4 is 5.97 Å². The van der Waals surface area contributed by atoms with Crippen LogP contribution in [-0.4, -0.2) is 5.97 Å². The molecule has 0 aliphatic heterocycles. The molecular formula is C23H24O2. The lowest BCUT2D eigenvalue weighted by Gasteiger charge is -2.19. The van der Waals surface area contributed by atoms with Gasteiger partial charge in [0.05, 0.1) is 5.56 Å². The highest BCUT2D eigenvalue weighted by atomic mass is 16.5. The molecule has 2 heteroatoms. The van der Waals surface area contributed by atoms with Gasteiger partial charge < -0.3 is 4.74 Å². The van der Waals surface area contributed by atoms with E-state index < -0.39 is 6.10 Å². The van der Waals surface area contributed by atoms with Gasteiger partial charge in [-0.15, -0.1) is 0 Å². The molecule has 0 N–H and O–H groups in total. The lowest BCUT2D eigenvalue weighted by Crippen LogP contribution is -2.13. The zero-order chi connectivity index (χ0) is 18.1. The van der Waals surface area contributed by atoms with E-state index in [0.717, 1.165) is 16.7 Å². The molecule has 128 valence electrons. The zero-order valence-electron chi connectivity index (χ0n) is 15.0.